The largest absolute Gasteiger partial charge is 0.383 e. The number of benzene rings is 1. The van der Waals surface area contributed by atoms with Crippen molar-refractivity contribution in [3.8, 4) is 0 Å². The molecule has 0 fully saturated rings. The molecule has 0 atom stereocenters. The SMILES string of the molecule is NCCc1nc(N)c2cc3cc(F)ccc3nc2n1. The lowest BCUT2D eigenvalue weighted by atomic mass is 10.1. The Labute approximate surface area is 108 Å². The molecule has 6 heteroatoms. The molecule has 0 saturated heterocycles. The van der Waals surface area contributed by atoms with Crippen LogP contribution in [0.5, 0.6) is 0 Å². The Balaban J connectivity index is 2.31. The maximum atomic E-state index is 13.2. The Bertz CT molecular complexity index is 772. The van der Waals surface area contributed by atoms with Crippen LogP contribution in [0, 0.1) is 5.82 Å². The highest BCUT2D eigenvalue weighted by Gasteiger charge is 2.08. The second kappa shape index (κ2) is 4.40. The van der Waals surface area contributed by atoms with E-state index in [9.17, 15) is 4.39 Å². The minimum Gasteiger partial charge on any atom is -0.383 e. The first-order valence-electron chi connectivity index (χ1n) is 5.90. The quantitative estimate of drug-likeness (QED) is 0.677. The molecular formula is C13H12FN5. The molecule has 2 heterocycles. The molecule has 0 amide bonds. The van der Waals surface area contributed by atoms with Crippen LogP contribution in [-0.4, -0.2) is 21.5 Å². The third-order valence-electron chi connectivity index (χ3n) is 2.89. The number of hydrogen-bond acceptors (Lipinski definition) is 5. The standard InChI is InChI=1S/C13H12FN5/c14-8-1-2-10-7(5-8)6-9-12(16)18-11(3-4-15)19-13(9)17-10/h1-2,5-6H,3-4,15H2,(H2,16,17,18,19). The molecule has 1 aromatic carbocycles. The van der Waals surface area contributed by atoms with Gasteiger partial charge in [-0.25, -0.2) is 19.3 Å². The summed E-state index contributed by atoms with van der Waals surface area (Å²) in [5, 5.41) is 1.30. The molecule has 0 unspecified atom stereocenters. The molecule has 4 N–H and O–H groups in total. The van der Waals surface area contributed by atoms with E-state index in [1.165, 1.54) is 12.1 Å². The lowest BCUT2D eigenvalue weighted by molar-refractivity contribution is 0.629. The lowest BCUT2D eigenvalue weighted by Crippen LogP contribution is -2.08. The van der Waals surface area contributed by atoms with Crippen LogP contribution in [0.4, 0.5) is 10.2 Å². The van der Waals surface area contributed by atoms with Crippen LogP contribution in [0.2, 0.25) is 0 Å². The maximum Gasteiger partial charge on any atom is 0.165 e. The first-order valence-corrected chi connectivity index (χ1v) is 5.90. The van der Waals surface area contributed by atoms with E-state index in [2.05, 4.69) is 15.0 Å². The van der Waals surface area contributed by atoms with Crippen molar-refractivity contribution in [2.45, 2.75) is 6.42 Å². The van der Waals surface area contributed by atoms with Crippen LogP contribution in [-0.2, 0) is 6.42 Å². The highest BCUT2D eigenvalue weighted by atomic mass is 19.1. The first-order chi connectivity index (χ1) is 9.17. The number of pyridine rings is 1. The van der Waals surface area contributed by atoms with Gasteiger partial charge in [-0.1, -0.05) is 0 Å². The number of nitrogen functional groups attached to an aromatic ring is 1. The van der Waals surface area contributed by atoms with Gasteiger partial charge in [0.15, 0.2) is 5.65 Å². The molecular weight excluding hydrogens is 245 g/mol. The Morgan fingerprint density at radius 3 is 2.74 bits per heavy atom. The fraction of sp³-hybridized carbons (Fsp3) is 0.154. The average molecular weight is 257 g/mol. The van der Waals surface area contributed by atoms with Gasteiger partial charge in [0.05, 0.1) is 10.9 Å². The Morgan fingerprint density at radius 1 is 1.11 bits per heavy atom. The molecule has 0 aliphatic heterocycles. The number of aromatic nitrogens is 3. The summed E-state index contributed by atoms with van der Waals surface area (Å²) >= 11 is 0. The molecule has 3 aromatic rings. The summed E-state index contributed by atoms with van der Waals surface area (Å²) in [5.41, 5.74) is 12.6. The molecule has 3 rings (SSSR count). The van der Waals surface area contributed by atoms with Crippen LogP contribution in [0.15, 0.2) is 24.3 Å². The smallest absolute Gasteiger partial charge is 0.165 e. The fourth-order valence-electron chi connectivity index (χ4n) is 2.00. The van der Waals surface area contributed by atoms with E-state index in [-0.39, 0.29) is 5.82 Å². The third kappa shape index (κ3) is 2.06. The van der Waals surface area contributed by atoms with Gasteiger partial charge in [0.1, 0.15) is 17.5 Å². The number of halogens is 1. The van der Waals surface area contributed by atoms with E-state index < -0.39 is 0 Å². The molecule has 5 nitrogen and oxygen atoms in total. The second-order valence-electron chi connectivity index (χ2n) is 4.26. The van der Waals surface area contributed by atoms with Crippen LogP contribution < -0.4 is 11.5 Å². The normalized spacial score (nSPS) is 11.3. The van der Waals surface area contributed by atoms with Crippen LogP contribution in [0.3, 0.4) is 0 Å². The predicted octanol–water partition coefficient (Wildman–Crippen LogP) is 1.40. The van der Waals surface area contributed by atoms with Gasteiger partial charge in [-0.15, -0.1) is 0 Å². The van der Waals surface area contributed by atoms with Gasteiger partial charge >= 0.3 is 0 Å². The van der Waals surface area contributed by atoms with Crippen LogP contribution >= 0.6 is 0 Å². The van der Waals surface area contributed by atoms with Gasteiger partial charge in [0.2, 0.25) is 0 Å². The summed E-state index contributed by atoms with van der Waals surface area (Å²) in [6.45, 7) is 0.448. The number of hydrogen-bond donors (Lipinski definition) is 2. The van der Waals surface area contributed by atoms with Gasteiger partial charge in [-0.2, -0.15) is 0 Å². The van der Waals surface area contributed by atoms with Crippen molar-refractivity contribution in [3.63, 3.8) is 0 Å². The second-order valence-corrected chi connectivity index (χ2v) is 4.26. The van der Waals surface area contributed by atoms with Crippen LogP contribution in [0.1, 0.15) is 5.82 Å². The molecule has 0 radical (unpaired) electrons. The fourth-order valence-corrected chi connectivity index (χ4v) is 2.00. The van der Waals surface area contributed by atoms with Crippen molar-refractivity contribution in [3.05, 3.63) is 35.9 Å². The van der Waals surface area contributed by atoms with Gasteiger partial charge in [-0.05, 0) is 30.8 Å². The highest BCUT2D eigenvalue weighted by molar-refractivity contribution is 5.95. The molecule has 19 heavy (non-hydrogen) atoms. The molecule has 0 aliphatic rings. The minimum absolute atomic E-state index is 0.312. The van der Waals surface area contributed by atoms with Crippen molar-refractivity contribution in [1.29, 1.82) is 0 Å². The predicted molar refractivity (Wildman–Crippen MR) is 72.0 cm³/mol. The summed E-state index contributed by atoms with van der Waals surface area (Å²) in [4.78, 5) is 12.9. The molecule has 96 valence electrons. The number of nitrogens with two attached hydrogens (primary N) is 2. The van der Waals surface area contributed by atoms with Gasteiger partial charge in [0, 0.05) is 11.8 Å². The molecule has 0 bridgehead atoms. The van der Waals surface area contributed by atoms with Gasteiger partial charge in [0.25, 0.3) is 0 Å². The van der Waals surface area contributed by atoms with E-state index >= 15 is 0 Å². The van der Waals surface area contributed by atoms with Crippen molar-refractivity contribution in [1.82, 2.24) is 15.0 Å². The van der Waals surface area contributed by atoms with Crippen molar-refractivity contribution in [2.75, 3.05) is 12.3 Å². The zero-order valence-corrected chi connectivity index (χ0v) is 10.1. The zero-order valence-electron chi connectivity index (χ0n) is 10.1. The highest BCUT2D eigenvalue weighted by Crippen LogP contribution is 2.22. The van der Waals surface area contributed by atoms with E-state index in [0.717, 1.165) is 0 Å². The van der Waals surface area contributed by atoms with E-state index in [4.69, 9.17) is 11.5 Å². The topological polar surface area (TPSA) is 90.7 Å². The number of nitrogens with zero attached hydrogens (tertiary/aromatic N) is 3. The minimum atomic E-state index is -0.312. The Morgan fingerprint density at radius 2 is 1.95 bits per heavy atom. The van der Waals surface area contributed by atoms with Crippen LogP contribution in [0.25, 0.3) is 21.9 Å². The zero-order chi connectivity index (χ0) is 13.4. The van der Waals surface area contributed by atoms with Gasteiger partial charge < -0.3 is 11.5 Å². The Kier molecular flexibility index (Phi) is 2.72. The van der Waals surface area contributed by atoms with E-state index in [1.807, 2.05) is 0 Å². The monoisotopic (exact) mass is 257 g/mol. The lowest BCUT2D eigenvalue weighted by Gasteiger charge is -2.05. The van der Waals surface area contributed by atoms with E-state index in [0.29, 0.717) is 46.5 Å². The first kappa shape index (κ1) is 11.7. The molecule has 0 spiro atoms. The summed E-state index contributed by atoms with van der Waals surface area (Å²) in [6.07, 6.45) is 0.545. The maximum absolute atomic E-state index is 13.2. The summed E-state index contributed by atoms with van der Waals surface area (Å²) in [5.74, 6) is 0.599. The van der Waals surface area contributed by atoms with E-state index in [1.54, 1.807) is 12.1 Å². The van der Waals surface area contributed by atoms with Crippen molar-refractivity contribution < 1.29 is 4.39 Å². The molecule has 0 aliphatic carbocycles. The summed E-state index contributed by atoms with van der Waals surface area (Å²) in [7, 11) is 0. The summed E-state index contributed by atoms with van der Waals surface area (Å²) in [6, 6.07) is 6.15. The number of anilines is 1. The average Bonchev–Trinajstić information content (AvgIpc) is 2.37. The number of fused-ring (bicyclic) bond motifs is 2. The summed E-state index contributed by atoms with van der Waals surface area (Å²) < 4.78 is 13.2. The Hall–Kier alpha value is -2.34. The number of rotatable bonds is 2. The van der Waals surface area contributed by atoms with Gasteiger partial charge in [-0.3, -0.25) is 0 Å². The molecule has 0 saturated carbocycles. The molecule has 2 aromatic heterocycles. The van der Waals surface area contributed by atoms with Crippen molar-refractivity contribution >= 4 is 27.8 Å². The third-order valence-corrected chi connectivity index (χ3v) is 2.89. The van der Waals surface area contributed by atoms with Crippen molar-refractivity contribution in [2.24, 2.45) is 5.73 Å².